The van der Waals surface area contributed by atoms with Crippen LogP contribution in [-0.2, 0) is 11.3 Å². The molecule has 0 bridgehead atoms. The predicted octanol–water partition coefficient (Wildman–Crippen LogP) is 3.73. The monoisotopic (exact) mass is 296 g/mol. The van der Waals surface area contributed by atoms with Crippen LogP contribution >= 0.6 is 0 Å². The van der Waals surface area contributed by atoms with Gasteiger partial charge in [0.15, 0.2) is 0 Å². The van der Waals surface area contributed by atoms with E-state index in [9.17, 15) is 4.79 Å². The molecule has 0 radical (unpaired) electrons. The maximum Gasteiger partial charge on any atom is 0.225 e. The van der Waals surface area contributed by atoms with Gasteiger partial charge >= 0.3 is 0 Å². The number of hydrogen-bond acceptors (Lipinski definition) is 2. The molecule has 116 valence electrons. The van der Waals surface area contributed by atoms with Crippen LogP contribution in [-0.4, -0.2) is 12.5 Å². The Kier molecular flexibility index (Phi) is 5.73. The smallest absolute Gasteiger partial charge is 0.225 e. The molecule has 0 saturated heterocycles. The number of amides is 1. The van der Waals surface area contributed by atoms with E-state index in [1.54, 1.807) is 0 Å². The van der Waals surface area contributed by atoms with E-state index in [1.807, 2.05) is 44.2 Å². The van der Waals surface area contributed by atoms with Crippen LogP contribution in [0.4, 0.5) is 5.69 Å². The lowest BCUT2D eigenvalue weighted by molar-refractivity contribution is -0.116. The lowest BCUT2D eigenvalue weighted by Gasteiger charge is -2.12. The average molecular weight is 296 g/mol. The first-order valence-corrected chi connectivity index (χ1v) is 7.69. The molecule has 2 aromatic carbocycles. The van der Waals surface area contributed by atoms with E-state index in [4.69, 9.17) is 0 Å². The number of para-hydroxylation sites is 1. The SMILES string of the molecule is Cc1ccccc1CNCCC(=O)Nc1c(C)cccc1C. The van der Waals surface area contributed by atoms with E-state index < -0.39 is 0 Å². The number of carbonyl (C=O) groups is 1. The maximum absolute atomic E-state index is 12.0. The van der Waals surface area contributed by atoms with Crippen LogP contribution in [0.5, 0.6) is 0 Å². The highest BCUT2D eigenvalue weighted by molar-refractivity contribution is 5.92. The number of aryl methyl sites for hydroxylation is 3. The Labute approximate surface area is 132 Å². The Balaban J connectivity index is 1.78. The van der Waals surface area contributed by atoms with E-state index in [0.29, 0.717) is 13.0 Å². The fourth-order valence-corrected chi connectivity index (χ4v) is 2.45. The Morgan fingerprint density at radius 2 is 1.55 bits per heavy atom. The van der Waals surface area contributed by atoms with Crippen molar-refractivity contribution in [2.45, 2.75) is 33.7 Å². The standard InChI is InChI=1S/C19H24N2O/c1-14-7-4-5-10-17(14)13-20-12-11-18(22)21-19-15(2)8-6-9-16(19)3/h4-10,20H,11-13H2,1-3H3,(H,21,22). The molecule has 0 saturated carbocycles. The van der Waals surface area contributed by atoms with Gasteiger partial charge in [-0.2, -0.15) is 0 Å². The molecule has 2 N–H and O–H groups in total. The molecule has 0 aliphatic rings. The van der Waals surface area contributed by atoms with Crippen molar-refractivity contribution in [3.05, 3.63) is 64.7 Å². The fraction of sp³-hybridized carbons (Fsp3) is 0.316. The van der Waals surface area contributed by atoms with Crippen molar-refractivity contribution in [3.63, 3.8) is 0 Å². The average Bonchev–Trinajstić information content (AvgIpc) is 2.49. The van der Waals surface area contributed by atoms with Crippen LogP contribution in [0.15, 0.2) is 42.5 Å². The van der Waals surface area contributed by atoms with Gasteiger partial charge in [0.05, 0.1) is 0 Å². The minimum atomic E-state index is 0.0506. The first-order valence-electron chi connectivity index (χ1n) is 7.69. The quantitative estimate of drug-likeness (QED) is 0.798. The van der Waals surface area contributed by atoms with Gasteiger partial charge in [0.25, 0.3) is 0 Å². The van der Waals surface area contributed by atoms with Crippen molar-refractivity contribution in [1.82, 2.24) is 5.32 Å². The van der Waals surface area contributed by atoms with Gasteiger partial charge in [0, 0.05) is 25.2 Å². The van der Waals surface area contributed by atoms with Gasteiger partial charge in [-0.1, -0.05) is 42.5 Å². The summed E-state index contributed by atoms with van der Waals surface area (Å²) >= 11 is 0. The summed E-state index contributed by atoms with van der Waals surface area (Å²) in [6, 6.07) is 14.3. The van der Waals surface area contributed by atoms with Gasteiger partial charge in [0.1, 0.15) is 0 Å². The molecule has 0 aliphatic carbocycles. The molecule has 3 heteroatoms. The topological polar surface area (TPSA) is 41.1 Å². The highest BCUT2D eigenvalue weighted by atomic mass is 16.1. The Morgan fingerprint density at radius 3 is 2.23 bits per heavy atom. The zero-order chi connectivity index (χ0) is 15.9. The summed E-state index contributed by atoms with van der Waals surface area (Å²) in [5, 5.41) is 6.34. The molecule has 22 heavy (non-hydrogen) atoms. The van der Waals surface area contributed by atoms with Crippen molar-refractivity contribution >= 4 is 11.6 Å². The summed E-state index contributed by atoms with van der Waals surface area (Å²) in [4.78, 5) is 12.0. The van der Waals surface area contributed by atoms with Crippen LogP contribution in [0.2, 0.25) is 0 Å². The van der Waals surface area contributed by atoms with E-state index in [-0.39, 0.29) is 5.91 Å². The highest BCUT2D eigenvalue weighted by Gasteiger charge is 2.06. The maximum atomic E-state index is 12.0. The number of hydrogen-bond donors (Lipinski definition) is 2. The van der Waals surface area contributed by atoms with Crippen LogP contribution in [0.25, 0.3) is 0 Å². The van der Waals surface area contributed by atoms with Gasteiger partial charge in [0.2, 0.25) is 5.91 Å². The first kappa shape index (κ1) is 16.2. The predicted molar refractivity (Wildman–Crippen MR) is 92.0 cm³/mol. The molecule has 0 aliphatic heterocycles. The minimum absolute atomic E-state index is 0.0506. The Morgan fingerprint density at radius 1 is 0.909 bits per heavy atom. The van der Waals surface area contributed by atoms with Gasteiger partial charge in [-0.15, -0.1) is 0 Å². The summed E-state index contributed by atoms with van der Waals surface area (Å²) in [6.45, 7) is 7.59. The molecule has 0 atom stereocenters. The van der Waals surface area contributed by atoms with Gasteiger partial charge in [-0.3, -0.25) is 4.79 Å². The number of benzene rings is 2. The number of anilines is 1. The molecule has 0 heterocycles. The second-order valence-corrected chi connectivity index (χ2v) is 5.67. The van der Waals surface area contributed by atoms with Crippen molar-refractivity contribution < 1.29 is 4.79 Å². The molecular formula is C19H24N2O. The number of nitrogens with one attached hydrogen (secondary N) is 2. The molecule has 2 rings (SSSR count). The zero-order valence-corrected chi connectivity index (χ0v) is 13.6. The van der Waals surface area contributed by atoms with E-state index in [0.717, 1.165) is 23.4 Å². The third-order valence-electron chi connectivity index (χ3n) is 3.85. The summed E-state index contributed by atoms with van der Waals surface area (Å²) in [5.74, 6) is 0.0506. The van der Waals surface area contributed by atoms with Gasteiger partial charge in [-0.05, 0) is 43.0 Å². The van der Waals surface area contributed by atoms with E-state index in [1.165, 1.54) is 11.1 Å². The largest absolute Gasteiger partial charge is 0.326 e. The second-order valence-electron chi connectivity index (χ2n) is 5.67. The van der Waals surface area contributed by atoms with Crippen molar-refractivity contribution in [3.8, 4) is 0 Å². The van der Waals surface area contributed by atoms with Crippen molar-refractivity contribution in [2.75, 3.05) is 11.9 Å². The zero-order valence-electron chi connectivity index (χ0n) is 13.6. The highest BCUT2D eigenvalue weighted by Crippen LogP contribution is 2.19. The van der Waals surface area contributed by atoms with Crippen molar-refractivity contribution in [2.24, 2.45) is 0 Å². The fourth-order valence-electron chi connectivity index (χ4n) is 2.45. The summed E-state index contributed by atoms with van der Waals surface area (Å²) in [6.07, 6.45) is 0.472. The Hall–Kier alpha value is -2.13. The van der Waals surface area contributed by atoms with Gasteiger partial charge < -0.3 is 10.6 Å². The molecule has 0 unspecified atom stereocenters. The second kappa shape index (κ2) is 7.76. The number of carbonyl (C=O) groups excluding carboxylic acids is 1. The molecule has 0 fully saturated rings. The van der Waals surface area contributed by atoms with Gasteiger partial charge in [-0.25, -0.2) is 0 Å². The summed E-state index contributed by atoms with van der Waals surface area (Å²) < 4.78 is 0. The van der Waals surface area contributed by atoms with Crippen LogP contribution in [0.1, 0.15) is 28.7 Å². The first-order chi connectivity index (χ1) is 10.6. The van der Waals surface area contributed by atoms with E-state index in [2.05, 4.69) is 29.7 Å². The molecule has 1 amide bonds. The number of rotatable bonds is 6. The lowest BCUT2D eigenvalue weighted by Crippen LogP contribution is -2.22. The molecular weight excluding hydrogens is 272 g/mol. The minimum Gasteiger partial charge on any atom is -0.326 e. The van der Waals surface area contributed by atoms with E-state index >= 15 is 0 Å². The summed E-state index contributed by atoms with van der Waals surface area (Å²) in [7, 11) is 0. The third-order valence-corrected chi connectivity index (χ3v) is 3.85. The molecule has 2 aromatic rings. The van der Waals surface area contributed by atoms with Crippen molar-refractivity contribution in [1.29, 1.82) is 0 Å². The normalized spacial score (nSPS) is 10.5. The van der Waals surface area contributed by atoms with Crippen LogP contribution < -0.4 is 10.6 Å². The van der Waals surface area contributed by atoms with Crippen LogP contribution in [0, 0.1) is 20.8 Å². The molecule has 0 aromatic heterocycles. The lowest BCUT2D eigenvalue weighted by atomic mass is 10.1. The Bertz CT molecular complexity index is 629. The molecule has 3 nitrogen and oxygen atoms in total. The van der Waals surface area contributed by atoms with Crippen LogP contribution in [0.3, 0.4) is 0 Å². The third kappa shape index (κ3) is 4.43. The molecule has 0 spiro atoms. The summed E-state index contributed by atoms with van der Waals surface area (Å²) in [5.41, 5.74) is 5.68.